The van der Waals surface area contributed by atoms with Crippen LogP contribution in [-0.2, 0) is 4.79 Å². The highest BCUT2D eigenvalue weighted by molar-refractivity contribution is 8.00. The molecule has 4 nitrogen and oxygen atoms in total. The summed E-state index contributed by atoms with van der Waals surface area (Å²) in [5, 5.41) is 0.928. The van der Waals surface area contributed by atoms with E-state index in [1.54, 1.807) is 30.0 Å². The first-order chi connectivity index (χ1) is 13.6. The Hall–Kier alpha value is -1.40. The maximum atomic E-state index is 12.6. The predicted octanol–water partition coefficient (Wildman–Crippen LogP) is 5.95. The van der Waals surface area contributed by atoms with Gasteiger partial charge in [-0.2, -0.15) is 0 Å². The Morgan fingerprint density at radius 2 is 1.86 bits per heavy atom. The van der Waals surface area contributed by atoms with Crippen LogP contribution in [0.2, 0.25) is 10.0 Å². The molecule has 0 radical (unpaired) electrons. The lowest BCUT2D eigenvalue weighted by molar-refractivity contribution is -0.129. The molecule has 2 aromatic carbocycles. The van der Waals surface area contributed by atoms with Crippen LogP contribution in [0.5, 0.6) is 11.5 Å². The number of halogens is 2. The molecule has 0 spiro atoms. The van der Waals surface area contributed by atoms with Crippen molar-refractivity contribution in [3.05, 3.63) is 58.1 Å². The van der Waals surface area contributed by atoms with Crippen molar-refractivity contribution in [1.82, 2.24) is 9.80 Å². The van der Waals surface area contributed by atoms with E-state index in [2.05, 4.69) is 32.8 Å². The predicted molar refractivity (Wildman–Crippen MR) is 122 cm³/mol. The van der Waals surface area contributed by atoms with Gasteiger partial charge in [-0.15, -0.1) is 11.8 Å². The number of nitrogens with zero attached hydrogens (tertiary/aromatic N) is 2. The molecule has 1 saturated heterocycles. The molecular formula is C22H26Cl2N2O2S. The van der Waals surface area contributed by atoms with Gasteiger partial charge in [0.05, 0.1) is 15.8 Å². The maximum absolute atomic E-state index is 12.6. The number of carbonyl (C=O) groups is 1. The van der Waals surface area contributed by atoms with Gasteiger partial charge in [-0.1, -0.05) is 49.2 Å². The van der Waals surface area contributed by atoms with Crippen LogP contribution in [0.3, 0.4) is 0 Å². The fourth-order valence-corrected chi connectivity index (χ4v) is 5.14. The quantitative estimate of drug-likeness (QED) is 0.519. The number of benzene rings is 2. The number of thioether (sulfide) groups is 1. The van der Waals surface area contributed by atoms with Crippen molar-refractivity contribution in [2.75, 3.05) is 32.9 Å². The number of rotatable bonds is 7. The van der Waals surface area contributed by atoms with Crippen LogP contribution < -0.4 is 4.74 Å². The van der Waals surface area contributed by atoms with Gasteiger partial charge < -0.3 is 14.5 Å². The molecule has 7 heteroatoms. The molecule has 1 unspecified atom stereocenters. The van der Waals surface area contributed by atoms with Gasteiger partial charge in [-0.25, -0.2) is 0 Å². The third kappa shape index (κ3) is 5.82. The van der Waals surface area contributed by atoms with Gasteiger partial charge in [0.2, 0.25) is 5.91 Å². The van der Waals surface area contributed by atoms with Gasteiger partial charge in [-0.05, 0) is 49.3 Å². The van der Waals surface area contributed by atoms with Crippen molar-refractivity contribution in [1.29, 1.82) is 0 Å². The molecule has 156 valence electrons. The topological polar surface area (TPSA) is 32.8 Å². The first-order valence-electron chi connectivity index (χ1n) is 9.43. The molecular weight excluding hydrogens is 427 g/mol. The zero-order chi connectivity index (χ0) is 21.2. The molecule has 1 atom stereocenters. The molecule has 1 aliphatic rings. The van der Waals surface area contributed by atoms with E-state index in [9.17, 15) is 4.79 Å². The third-order valence-electron chi connectivity index (χ3n) is 4.58. The Bertz CT molecular complexity index is 889. The van der Waals surface area contributed by atoms with Gasteiger partial charge in [0.15, 0.2) is 0 Å². The minimum Gasteiger partial charge on any atom is -0.457 e. The lowest BCUT2D eigenvalue weighted by atomic mass is 9.92. The SMILES string of the molecule is CN(C)CC(C)(C)CN1C(=O)CSC1c1cccc(Oc2ccc(Cl)c(Cl)c2)c1. The van der Waals surface area contributed by atoms with Crippen molar-refractivity contribution in [2.24, 2.45) is 5.41 Å². The summed E-state index contributed by atoms with van der Waals surface area (Å²) in [6.07, 6.45) is 0. The van der Waals surface area contributed by atoms with Gasteiger partial charge in [0, 0.05) is 19.2 Å². The highest BCUT2D eigenvalue weighted by atomic mass is 35.5. The van der Waals surface area contributed by atoms with Crippen molar-refractivity contribution in [2.45, 2.75) is 19.2 Å². The summed E-state index contributed by atoms with van der Waals surface area (Å²) in [6, 6.07) is 13.1. The Morgan fingerprint density at radius 3 is 2.55 bits per heavy atom. The van der Waals surface area contributed by atoms with E-state index in [4.69, 9.17) is 27.9 Å². The van der Waals surface area contributed by atoms with Crippen LogP contribution in [0.25, 0.3) is 0 Å². The minimum atomic E-state index is -0.0127. The number of ether oxygens (including phenoxy) is 1. The smallest absolute Gasteiger partial charge is 0.233 e. The molecule has 0 saturated carbocycles. The number of hydrogen-bond acceptors (Lipinski definition) is 4. The molecule has 1 fully saturated rings. The van der Waals surface area contributed by atoms with E-state index in [1.165, 1.54) is 0 Å². The monoisotopic (exact) mass is 452 g/mol. The first kappa shape index (κ1) is 22.3. The van der Waals surface area contributed by atoms with E-state index < -0.39 is 0 Å². The largest absolute Gasteiger partial charge is 0.457 e. The van der Waals surface area contributed by atoms with E-state index in [1.807, 2.05) is 29.2 Å². The third-order valence-corrected chi connectivity index (χ3v) is 6.58. The Balaban J connectivity index is 1.79. The van der Waals surface area contributed by atoms with Crippen molar-refractivity contribution >= 4 is 40.9 Å². The van der Waals surface area contributed by atoms with Crippen LogP contribution in [0.15, 0.2) is 42.5 Å². The molecule has 2 aromatic rings. The van der Waals surface area contributed by atoms with Crippen molar-refractivity contribution in [3.8, 4) is 11.5 Å². The second-order valence-electron chi connectivity index (χ2n) is 8.34. The van der Waals surface area contributed by atoms with E-state index in [-0.39, 0.29) is 16.7 Å². The summed E-state index contributed by atoms with van der Waals surface area (Å²) in [4.78, 5) is 16.8. The minimum absolute atomic E-state index is 0.00350. The standard InChI is InChI=1S/C22H26Cl2N2O2S/c1-22(2,13-25(3)4)14-26-20(27)12-29-21(26)15-6-5-7-16(10-15)28-17-8-9-18(23)19(24)11-17/h5-11,21H,12-14H2,1-4H3. The highest BCUT2D eigenvalue weighted by Crippen LogP contribution is 2.41. The molecule has 1 heterocycles. The fraction of sp³-hybridized carbons (Fsp3) is 0.409. The molecule has 0 N–H and O–H groups in total. The highest BCUT2D eigenvalue weighted by Gasteiger charge is 2.36. The zero-order valence-corrected chi connectivity index (χ0v) is 19.4. The number of carbonyl (C=O) groups excluding carboxylic acids is 1. The van der Waals surface area contributed by atoms with Crippen LogP contribution in [-0.4, -0.2) is 48.6 Å². The number of hydrogen-bond donors (Lipinski definition) is 0. The first-order valence-corrected chi connectivity index (χ1v) is 11.2. The van der Waals surface area contributed by atoms with Gasteiger partial charge >= 0.3 is 0 Å². The average molecular weight is 453 g/mol. The summed E-state index contributed by atoms with van der Waals surface area (Å²) in [5.41, 5.74) is 1.05. The number of amides is 1. The van der Waals surface area contributed by atoms with Crippen molar-refractivity contribution in [3.63, 3.8) is 0 Å². The van der Waals surface area contributed by atoms with Crippen LogP contribution in [0.4, 0.5) is 0 Å². The fourth-order valence-electron chi connectivity index (χ4n) is 3.68. The van der Waals surface area contributed by atoms with Gasteiger partial charge in [0.1, 0.15) is 16.9 Å². The van der Waals surface area contributed by atoms with E-state index >= 15 is 0 Å². The Kier molecular flexibility index (Phi) is 7.05. The second kappa shape index (κ2) is 9.17. The normalized spacial score (nSPS) is 17.3. The molecule has 0 aliphatic carbocycles. The second-order valence-corrected chi connectivity index (χ2v) is 10.2. The molecule has 3 rings (SSSR count). The Morgan fingerprint density at radius 1 is 1.14 bits per heavy atom. The summed E-state index contributed by atoms with van der Waals surface area (Å²) in [7, 11) is 4.12. The summed E-state index contributed by atoms with van der Waals surface area (Å²) in [5.74, 6) is 2.01. The average Bonchev–Trinajstić information content (AvgIpc) is 2.97. The van der Waals surface area contributed by atoms with Crippen molar-refractivity contribution < 1.29 is 9.53 Å². The van der Waals surface area contributed by atoms with Gasteiger partial charge in [-0.3, -0.25) is 4.79 Å². The zero-order valence-electron chi connectivity index (χ0n) is 17.1. The van der Waals surface area contributed by atoms with Gasteiger partial charge in [0.25, 0.3) is 0 Å². The maximum Gasteiger partial charge on any atom is 0.233 e. The lowest BCUT2D eigenvalue weighted by Crippen LogP contribution is -2.41. The van der Waals surface area contributed by atoms with Crippen LogP contribution in [0, 0.1) is 5.41 Å². The summed E-state index contributed by atoms with van der Waals surface area (Å²) in [6.45, 7) is 6.02. The summed E-state index contributed by atoms with van der Waals surface area (Å²) >= 11 is 13.7. The van der Waals surface area contributed by atoms with E-state index in [0.717, 1.165) is 12.1 Å². The Labute approximate surface area is 187 Å². The molecule has 29 heavy (non-hydrogen) atoms. The van der Waals surface area contributed by atoms with E-state index in [0.29, 0.717) is 33.8 Å². The lowest BCUT2D eigenvalue weighted by Gasteiger charge is -2.35. The van der Waals surface area contributed by atoms with Crippen LogP contribution >= 0.6 is 35.0 Å². The molecule has 0 bridgehead atoms. The molecule has 0 aromatic heterocycles. The molecule has 1 aliphatic heterocycles. The molecule has 1 amide bonds. The summed E-state index contributed by atoms with van der Waals surface area (Å²) < 4.78 is 5.97. The van der Waals surface area contributed by atoms with Crippen LogP contribution in [0.1, 0.15) is 24.8 Å².